The van der Waals surface area contributed by atoms with Crippen molar-refractivity contribution in [3.05, 3.63) is 48.2 Å². The molecule has 0 spiro atoms. The van der Waals surface area contributed by atoms with Gasteiger partial charge < -0.3 is 4.98 Å². The van der Waals surface area contributed by atoms with Gasteiger partial charge in [0, 0.05) is 31.4 Å². The van der Waals surface area contributed by atoms with Gasteiger partial charge in [-0.2, -0.15) is 13.2 Å². The quantitative estimate of drug-likeness (QED) is 0.789. The Labute approximate surface area is 141 Å². The van der Waals surface area contributed by atoms with Gasteiger partial charge in [-0.3, -0.25) is 14.3 Å². The number of likely N-dealkylation sites (tertiary alicyclic amines) is 1. The Morgan fingerprint density at radius 2 is 2.08 bits per heavy atom. The maximum atomic E-state index is 12.7. The minimum absolute atomic E-state index is 0.0225. The zero-order chi connectivity index (χ0) is 17.4. The molecule has 25 heavy (non-hydrogen) atoms. The number of alkyl halides is 3. The van der Waals surface area contributed by atoms with E-state index in [0.29, 0.717) is 18.9 Å². The van der Waals surface area contributed by atoms with E-state index in [1.165, 1.54) is 0 Å². The SMILES string of the molecule is FC(F)(F)c1cnc([C@H]2CCCN(Cc3cnc4cnccn34)C2)[nH]1. The molecule has 0 amide bonds. The van der Waals surface area contributed by atoms with E-state index in [4.69, 9.17) is 0 Å². The average molecular weight is 350 g/mol. The summed E-state index contributed by atoms with van der Waals surface area (Å²) >= 11 is 0. The van der Waals surface area contributed by atoms with Gasteiger partial charge in [0.25, 0.3) is 0 Å². The van der Waals surface area contributed by atoms with E-state index in [-0.39, 0.29) is 5.92 Å². The fourth-order valence-corrected chi connectivity index (χ4v) is 3.35. The number of aromatic nitrogens is 5. The number of H-pyrrole nitrogens is 1. The molecule has 0 saturated carbocycles. The van der Waals surface area contributed by atoms with Crippen molar-refractivity contribution >= 4 is 5.65 Å². The molecule has 0 bridgehead atoms. The molecule has 1 atom stereocenters. The van der Waals surface area contributed by atoms with Gasteiger partial charge >= 0.3 is 6.18 Å². The minimum Gasteiger partial charge on any atom is -0.338 e. The summed E-state index contributed by atoms with van der Waals surface area (Å²) in [5.41, 5.74) is 1.04. The van der Waals surface area contributed by atoms with Crippen LogP contribution in [0.2, 0.25) is 0 Å². The monoisotopic (exact) mass is 350 g/mol. The van der Waals surface area contributed by atoms with E-state index >= 15 is 0 Å². The Morgan fingerprint density at radius 3 is 2.88 bits per heavy atom. The first kappa shape index (κ1) is 16.1. The Morgan fingerprint density at radius 1 is 1.20 bits per heavy atom. The molecule has 132 valence electrons. The van der Waals surface area contributed by atoms with Gasteiger partial charge in [-0.25, -0.2) is 9.97 Å². The van der Waals surface area contributed by atoms with Crippen LogP contribution in [-0.4, -0.2) is 42.3 Å². The number of aromatic amines is 1. The van der Waals surface area contributed by atoms with Crippen molar-refractivity contribution in [1.29, 1.82) is 0 Å². The lowest BCUT2D eigenvalue weighted by Gasteiger charge is -2.31. The summed E-state index contributed by atoms with van der Waals surface area (Å²) in [6.07, 6.45) is 5.33. The molecule has 3 aromatic rings. The Hall–Kier alpha value is -2.42. The van der Waals surface area contributed by atoms with Gasteiger partial charge in [-0.15, -0.1) is 0 Å². The average Bonchev–Trinajstić information content (AvgIpc) is 3.23. The molecule has 4 rings (SSSR count). The Balaban J connectivity index is 1.48. The Bertz CT molecular complexity index is 868. The highest BCUT2D eigenvalue weighted by atomic mass is 19.4. The number of imidazole rings is 2. The van der Waals surface area contributed by atoms with Crippen molar-refractivity contribution in [2.45, 2.75) is 31.5 Å². The molecule has 0 radical (unpaired) electrons. The molecule has 3 aromatic heterocycles. The molecule has 9 heteroatoms. The van der Waals surface area contributed by atoms with E-state index in [9.17, 15) is 13.2 Å². The molecule has 1 aliphatic heterocycles. The maximum Gasteiger partial charge on any atom is 0.432 e. The van der Waals surface area contributed by atoms with Gasteiger partial charge in [0.2, 0.25) is 0 Å². The number of rotatable bonds is 3. The Kier molecular flexibility index (Phi) is 3.95. The summed E-state index contributed by atoms with van der Waals surface area (Å²) in [4.78, 5) is 17.0. The number of nitrogens with zero attached hydrogens (tertiary/aromatic N) is 5. The first-order valence-electron chi connectivity index (χ1n) is 8.11. The highest BCUT2D eigenvalue weighted by Crippen LogP contribution is 2.31. The van der Waals surface area contributed by atoms with Crippen LogP contribution in [0.1, 0.15) is 36.0 Å². The standard InChI is InChI=1S/C16H17F3N6/c17-16(18,19)13-7-22-15(23-13)11-2-1-4-24(9-11)10-12-6-21-14-8-20-3-5-25(12)14/h3,5-8,11H,1-2,4,9-10H2,(H,22,23)/t11-/m0/s1. The lowest BCUT2D eigenvalue weighted by molar-refractivity contribution is -0.141. The number of hydrogen-bond acceptors (Lipinski definition) is 4. The first-order chi connectivity index (χ1) is 12.0. The van der Waals surface area contributed by atoms with Crippen LogP contribution in [0.3, 0.4) is 0 Å². The predicted octanol–water partition coefficient (Wildman–Crippen LogP) is 2.85. The number of hydrogen-bond donors (Lipinski definition) is 1. The lowest BCUT2D eigenvalue weighted by atomic mass is 9.97. The number of fused-ring (bicyclic) bond motifs is 1. The highest BCUT2D eigenvalue weighted by molar-refractivity contribution is 5.36. The third-order valence-corrected chi connectivity index (χ3v) is 4.57. The number of nitrogens with one attached hydrogen (secondary N) is 1. The molecule has 1 N–H and O–H groups in total. The van der Waals surface area contributed by atoms with Crippen molar-refractivity contribution in [1.82, 2.24) is 29.2 Å². The van der Waals surface area contributed by atoms with E-state index in [1.54, 1.807) is 12.4 Å². The molecule has 1 saturated heterocycles. The minimum atomic E-state index is -4.38. The molecule has 0 aromatic carbocycles. The second kappa shape index (κ2) is 6.14. The molecule has 4 heterocycles. The largest absolute Gasteiger partial charge is 0.432 e. The van der Waals surface area contributed by atoms with Crippen molar-refractivity contribution in [3.63, 3.8) is 0 Å². The van der Waals surface area contributed by atoms with Gasteiger partial charge in [0.1, 0.15) is 11.5 Å². The number of halogens is 3. The summed E-state index contributed by atoms with van der Waals surface area (Å²) in [5.74, 6) is 0.394. The zero-order valence-corrected chi connectivity index (χ0v) is 13.4. The van der Waals surface area contributed by atoms with Crippen LogP contribution in [0, 0.1) is 0 Å². The molecule has 0 aliphatic carbocycles. The molecular formula is C16H17F3N6. The summed E-state index contributed by atoms with van der Waals surface area (Å²) < 4.78 is 40.2. The van der Waals surface area contributed by atoms with Crippen molar-refractivity contribution in [3.8, 4) is 0 Å². The fourth-order valence-electron chi connectivity index (χ4n) is 3.35. The summed E-state index contributed by atoms with van der Waals surface area (Å²) in [5, 5.41) is 0. The molecule has 6 nitrogen and oxygen atoms in total. The van der Waals surface area contributed by atoms with Crippen LogP contribution in [0.4, 0.5) is 13.2 Å². The van der Waals surface area contributed by atoms with Crippen LogP contribution in [0.5, 0.6) is 0 Å². The van der Waals surface area contributed by atoms with Crippen LogP contribution in [0.15, 0.2) is 31.0 Å². The summed E-state index contributed by atoms with van der Waals surface area (Å²) in [6, 6.07) is 0. The van der Waals surface area contributed by atoms with E-state index < -0.39 is 11.9 Å². The highest BCUT2D eigenvalue weighted by Gasteiger charge is 2.34. The van der Waals surface area contributed by atoms with E-state index in [2.05, 4.69) is 24.8 Å². The predicted molar refractivity (Wildman–Crippen MR) is 83.8 cm³/mol. The lowest BCUT2D eigenvalue weighted by Crippen LogP contribution is -2.34. The zero-order valence-electron chi connectivity index (χ0n) is 13.4. The topological polar surface area (TPSA) is 62.1 Å². The van der Waals surface area contributed by atoms with Crippen LogP contribution >= 0.6 is 0 Å². The summed E-state index contributed by atoms with van der Waals surface area (Å²) in [6.45, 7) is 2.26. The van der Waals surface area contributed by atoms with Gasteiger partial charge in [-0.05, 0) is 19.4 Å². The number of piperidine rings is 1. The van der Waals surface area contributed by atoms with Crippen LogP contribution in [0.25, 0.3) is 5.65 Å². The molecule has 1 fully saturated rings. The van der Waals surface area contributed by atoms with E-state index in [0.717, 1.165) is 36.9 Å². The second-order valence-corrected chi connectivity index (χ2v) is 6.31. The van der Waals surface area contributed by atoms with Crippen LogP contribution in [-0.2, 0) is 12.7 Å². The maximum absolute atomic E-state index is 12.7. The first-order valence-corrected chi connectivity index (χ1v) is 8.11. The van der Waals surface area contributed by atoms with Gasteiger partial charge in [0.05, 0.1) is 24.3 Å². The second-order valence-electron chi connectivity index (χ2n) is 6.31. The van der Waals surface area contributed by atoms with Gasteiger partial charge in [-0.1, -0.05) is 0 Å². The third kappa shape index (κ3) is 3.23. The summed E-state index contributed by atoms with van der Waals surface area (Å²) in [7, 11) is 0. The van der Waals surface area contributed by atoms with Gasteiger partial charge in [0.15, 0.2) is 5.65 Å². The van der Waals surface area contributed by atoms with Crippen molar-refractivity contribution < 1.29 is 13.2 Å². The van der Waals surface area contributed by atoms with Crippen molar-refractivity contribution in [2.24, 2.45) is 0 Å². The molecule has 1 aliphatic rings. The third-order valence-electron chi connectivity index (χ3n) is 4.57. The van der Waals surface area contributed by atoms with E-state index in [1.807, 2.05) is 16.8 Å². The van der Waals surface area contributed by atoms with Crippen LogP contribution < -0.4 is 0 Å². The fraction of sp³-hybridized carbons (Fsp3) is 0.438. The van der Waals surface area contributed by atoms with Crippen molar-refractivity contribution in [2.75, 3.05) is 13.1 Å². The normalized spacial score (nSPS) is 19.6. The smallest absolute Gasteiger partial charge is 0.338 e. The molecule has 0 unspecified atom stereocenters. The molecular weight excluding hydrogens is 333 g/mol.